The lowest BCUT2D eigenvalue weighted by molar-refractivity contribution is 0.534. The quantitative estimate of drug-likeness (QED) is 0.670. The van der Waals surface area contributed by atoms with E-state index in [4.69, 9.17) is 0 Å². The molecule has 12 heavy (non-hydrogen) atoms. The van der Waals surface area contributed by atoms with E-state index in [1.54, 1.807) is 0 Å². The molecule has 2 heteroatoms. The third-order valence-electron chi connectivity index (χ3n) is 2.87. The first-order valence-electron chi connectivity index (χ1n) is 4.80. The van der Waals surface area contributed by atoms with Gasteiger partial charge < -0.3 is 0 Å². The topological polar surface area (TPSA) is 17.8 Å². The highest BCUT2D eigenvalue weighted by Gasteiger charge is 2.32. The van der Waals surface area contributed by atoms with Gasteiger partial charge in [-0.1, -0.05) is 6.92 Å². The second-order valence-electron chi connectivity index (χ2n) is 3.73. The minimum Gasteiger partial charge on any atom is -0.272 e. The average molecular weight is 164 g/mol. The van der Waals surface area contributed by atoms with E-state index in [0.717, 1.165) is 11.8 Å². The standard InChI is InChI=1S/C10H16N2/c1-3-9(8-4-5-8)10-6-7-11-12(10)2/h6-9H,3-5H2,1-2H3/t9-/m0/s1. The molecule has 0 bridgehead atoms. The summed E-state index contributed by atoms with van der Waals surface area (Å²) >= 11 is 0. The number of hydrogen-bond acceptors (Lipinski definition) is 1. The molecular weight excluding hydrogens is 148 g/mol. The Morgan fingerprint density at radius 3 is 2.83 bits per heavy atom. The molecule has 66 valence electrons. The van der Waals surface area contributed by atoms with Gasteiger partial charge in [0.15, 0.2) is 0 Å². The Bertz CT molecular complexity index is 261. The van der Waals surface area contributed by atoms with Crippen molar-refractivity contribution in [2.75, 3.05) is 0 Å². The molecule has 0 amide bonds. The van der Waals surface area contributed by atoms with Gasteiger partial charge in [-0.2, -0.15) is 5.10 Å². The van der Waals surface area contributed by atoms with E-state index in [9.17, 15) is 0 Å². The molecule has 1 fully saturated rings. The Morgan fingerprint density at radius 2 is 2.42 bits per heavy atom. The summed E-state index contributed by atoms with van der Waals surface area (Å²) in [6, 6.07) is 2.16. The Morgan fingerprint density at radius 1 is 1.67 bits per heavy atom. The monoisotopic (exact) mass is 164 g/mol. The summed E-state index contributed by atoms with van der Waals surface area (Å²) in [6.07, 6.45) is 6.00. The van der Waals surface area contributed by atoms with Crippen LogP contribution in [0.3, 0.4) is 0 Å². The maximum Gasteiger partial charge on any atom is 0.0492 e. The molecule has 0 N–H and O–H groups in total. The summed E-state index contributed by atoms with van der Waals surface area (Å²) < 4.78 is 2.02. The molecule has 0 radical (unpaired) electrons. The molecule has 1 heterocycles. The van der Waals surface area contributed by atoms with Crippen molar-refractivity contribution in [3.63, 3.8) is 0 Å². The Balaban J connectivity index is 2.20. The maximum atomic E-state index is 4.21. The van der Waals surface area contributed by atoms with Crippen LogP contribution in [0.2, 0.25) is 0 Å². The van der Waals surface area contributed by atoms with Gasteiger partial charge in [-0.3, -0.25) is 4.68 Å². The van der Waals surface area contributed by atoms with E-state index in [0.29, 0.717) is 0 Å². The van der Waals surface area contributed by atoms with Gasteiger partial charge >= 0.3 is 0 Å². The summed E-state index contributed by atoms with van der Waals surface area (Å²) in [7, 11) is 2.04. The second-order valence-corrected chi connectivity index (χ2v) is 3.73. The van der Waals surface area contributed by atoms with Crippen LogP contribution in [0.1, 0.15) is 37.8 Å². The van der Waals surface area contributed by atoms with Crippen molar-refractivity contribution >= 4 is 0 Å². The van der Waals surface area contributed by atoms with E-state index in [1.807, 2.05) is 17.9 Å². The lowest BCUT2D eigenvalue weighted by Crippen LogP contribution is -2.06. The van der Waals surface area contributed by atoms with Crippen molar-refractivity contribution in [1.82, 2.24) is 9.78 Å². The van der Waals surface area contributed by atoms with Crippen LogP contribution < -0.4 is 0 Å². The van der Waals surface area contributed by atoms with Gasteiger partial charge in [-0.25, -0.2) is 0 Å². The summed E-state index contributed by atoms with van der Waals surface area (Å²) in [5.41, 5.74) is 1.42. The van der Waals surface area contributed by atoms with E-state index in [1.165, 1.54) is 25.0 Å². The second kappa shape index (κ2) is 2.92. The molecule has 0 unspecified atom stereocenters. The van der Waals surface area contributed by atoms with Gasteiger partial charge in [-0.15, -0.1) is 0 Å². The van der Waals surface area contributed by atoms with Crippen LogP contribution in [0.4, 0.5) is 0 Å². The predicted molar refractivity (Wildman–Crippen MR) is 49.0 cm³/mol. The zero-order valence-corrected chi connectivity index (χ0v) is 7.83. The van der Waals surface area contributed by atoms with Gasteiger partial charge in [0.05, 0.1) is 0 Å². The van der Waals surface area contributed by atoms with E-state index in [2.05, 4.69) is 18.1 Å². The van der Waals surface area contributed by atoms with Gasteiger partial charge in [0.25, 0.3) is 0 Å². The zero-order valence-electron chi connectivity index (χ0n) is 7.83. The molecule has 0 saturated heterocycles. The van der Waals surface area contributed by atoms with Crippen LogP contribution in [0.25, 0.3) is 0 Å². The first-order chi connectivity index (χ1) is 5.83. The molecule has 2 rings (SSSR count). The fourth-order valence-electron chi connectivity index (χ4n) is 2.03. The molecule has 1 aliphatic rings. The maximum absolute atomic E-state index is 4.21. The molecule has 1 aromatic rings. The van der Waals surface area contributed by atoms with Crippen molar-refractivity contribution in [2.24, 2.45) is 13.0 Å². The normalized spacial score (nSPS) is 19.5. The summed E-state index contributed by atoms with van der Waals surface area (Å²) in [6.45, 7) is 2.27. The van der Waals surface area contributed by atoms with Crippen molar-refractivity contribution in [2.45, 2.75) is 32.1 Å². The van der Waals surface area contributed by atoms with Gasteiger partial charge in [0, 0.05) is 24.9 Å². The van der Waals surface area contributed by atoms with Crippen LogP contribution >= 0.6 is 0 Å². The number of rotatable bonds is 3. The molecule has 0 aromatic carbocycles. The van der Waals surface area contributed by atoms with Crippen LogP contribution in [-0.2, 0) is 7.05 Å². The van der Waals surface area contributed by atoms with Crippen LogP contribution in [0, 0.1) is 5.92 Å². The average Bonchev–Trinajstić information content (AvgIpc) is 2.80. The van der Waals surface area contributed by atoms with E-state index >= 15 is 0 Å². The molecule has 0 aliphatic heterocycles. The Kier molecular flexibility index (Phi) is 1.91. The number of aromatic nitrogens is 2. The largest absolute Gasteiger partial charge is 0.272 e. The van der Waals surface area contributed by atoms with Crippen molar-refractivity contribution in [1.29, 1.82) is 0 Å². The van der Waals surface area contributed by atoms with E-state index < -0.39 is 0 Å². The van der Waals surface area contributed by atoms with Gasteiger partial charge in [0.1, 0.15) is 0 Å². The van der Waals surface area contributed by atoms with Crippen molar-refractivity contribution in [3.05, 3.63) is 18.0 Å². The van der Waals surface area contributed by atoms with Crippen molar-refractivity contribution in [3.8, 4) is 0 Å². The Hall–Kier alpha value is -0.790. The molecule has 2 nitrogen and oxygen atoms in total. The highest BCUT2D eigenvalue weighted by Crippen LogP contribution is 2.43. The first-order valence-corrected chi connectivity index (χ1v) is 4.80. The summed E-state index contributed by atoms with van der Waals surface area (Å²) in [5.74, 6) is 1.71. The third-order valence-corrected chi connectivity index (χ3v) is 2.87. The summed E-state index contributed by atoms with van der Waals surface area (Å²) in [4.78, 5) is 0. The van der Waals surface area contributed by atoms with E-state index in [-0.39, 0.29) is 0 Å². The highest BCUT2D eigenvalue weighted by atomic mass is 15.3. The molecule has 1 saturated carbocycles. The number of hydrogen-bond donors (Lipinski definition) is 0. The van der Waals surface area contributed by atoms with Crippen LogP contribution in [0.15, 0.2) is 12.3 Å². The van der Waals surface area contributed by atoms with Crippen molar-refractivity contribution < 1.29 is 0 Å². The Labute approximate surface area is 73.6 Å². The van der Waals surface area contributed by atoms with Crippen LogP contribution in [-0.4, -0.2) is 9.78 Å². The highest BCUT2D eigenvalue weighted by molar-refractivity contribution is 5.11. The lowest BCUT2D eigenvalue weighted by Gasteiger charge is -2.13. The lowest BCUT2D eigenvalue weighted by atomic mass is 9.97. The van der Waals surface area contributed by atoms with Gasteiger partial charge in [-0.05, 0) is 31.2 Å². The zero-order chi connectivity index (χ0) is 8.55. The molecule has 1 aromatic heterocycles. The molecular formula is C10H16N2. The SMILES string of the molecule is CC[C@H](c1ccnn1C)C1CC1. The first kappa shape index (κ1) is 7.84. The molecule has 1 atom stereocenters. The fraction of sp³-hybridized carbons (Fsp3) is 0.700. The third kappa shape index (κ3) is 1.26. The molecule has 1 aliphatic carbocycles. The molecule has 0 spiro atoms. The summed E-state index contributed by atoms with van der Waals surface area (Å²) in [5, 5.41) is 4.21. The minimum absolute atomic E-state index is 0.762. The van der Waals surface area contributed by atoms with Gasteiger partial charge in [0.2, 0.25) is 0 Å². The minimum atomic E-state index is 0.762. The predicted octanol–water partition coefficient (Wildman–Crippen LogP) is 2.32. The number of nitrogens with zero attached hydrogens (tertiary/aromatic N) is 2. The smallest absolute Gasteiger partial charge is 0.0492 e. The van der Waals surface area contributed by atoms with Crippen LogP contribution in [0.5, 0.6) is 0 Å². The number of aryl methyl sites for hydroxylation is 1. The fourth-order valence-corrected chi connectivity index (χ4v) is 2.03.